The number of nitrogens with one attached hydrogen (secondary N) is 1. The fourth-order valence-electron chi connectivity index (χ4n) is 2.27. The van der Waals surface area contributed by atoms with E-state index in [4.69, 9.17) is 4.74 Å². The lowest BCUT2D eigenvalue weighted by molar-refractivity contribution is 0.0528. The van der Waals surface area contributed by atoms with E-state index in [9.17, 15) is 9.59 Å². The molecule has 2 aromatic heterocycles. The molecule has 1 aromatic carbocycles. The summed E-state index contributed by atoms with van der Waals surface area (Å²) >= 11 is 2.12. The maximum absolute atomic E-state index is 12.4. The molecule has 6 nitrogen and oxygen atoms in total. The Labute approximate surface area is 152 Å². The molecular formula is C17H14IN3O3. The molecule has 7 heteroatoms. The van der Waals surface area contributed by atoms with Crippen molar-refractivity contribution in [1.82, 2.24) is 9.61 Å². The second kappa shape index (κ2) is 7.00. The van der Waals surface area contributed by atoms with Crippen LogP contribution in [0.2, 0.25) is 0 Å². The van der Waals surface area contributed by atoms with Crippen LogP contribution in [-0.4, -0.2) is 28.1 Å². The SMILES string of the molecule is CCOC(=O)c1cnn2ccc(NC(=O)c3ccccc3I)cc12. The van der Waals surface area contributed by atoms with Gasteiger partial charge in [0.2, 0.25) is 0 Å². The zero-order valence-electron chi connectivity index (χ0n) is 12.8. The number of carbonyl (C=O) groups is 2. The van der Waals surface area contributed by atoms with Crippen LogP contribution < -0.4 is 5.32 Å². The lowest BCUT2D eigenvalue weighted by atomic mass is 10.2. The minimum absolute atomic E-state index is 0.207. The quantitative estimate of drug-likeness (QED) is 0.504. The number of amides is 1. The molecule has 0 unspecified atom stereocenters. The second-order valence-corrected chi connectivity index (χ2v) is 6.12. The smallest absolute Gasteiger partial charge is 0.341 e. The van der Waals surface area contributed by atoms with E-state index in [1.54, 1.807) is 35.8 Å². The third kappa shape index (κ3) is 3.25. The van der Waals surface area contributed by atoms with Crippen LogP contribution in [-0.2, 0) is 4.74 Å². The Morgan fingerprint density at radius 1 is 1.25 bits per heavy atom. The number of carbonyl (C=O) groups excluding carboxylic acids is 2. The van der Waals surface area contributed by atoms with Gasteiger partial charge >= 0.3 is 5.97 Å². The van der Waals surface area contributed by atoms with E-state index in [2.05, 4.69) is 33.0 Å². The van der Waals surface area contributed by atoms with E-state index < -0.39 is 5.97 Å². The summed E-state index contributed by atoms with van der Waals surface area (Å²) in [5.74, 6) is -0.643. The van der Waals surface area contributed by atoms with Crippen molar-refractivity contribution in [2.75, 3.05) is 11.9 Å². The topological polar surface area (TPSA) is 72.7 Å². The predicted octanol–water partition coefficient (Wildman–Crippen LogP) is 3.37. The summed E-state index contributed by atoms with van der Waals surface area (Å²) < 4.78 is 7.45. The highest BCUT2D eigenvalue weighted by Gasteiger charge is 2.15. The first kappa shape index (κ1) is 16.4. The summed E-state index contributed by atoms with van der Waals surface area (Å²) in [6.07, 6.45) is 3.14. The van der Waals surface area contributed by atoms with Crippen LogP contribution in [0.1, 0.15) is 27.6 Å². The van der Waals surface area contributed by atoms with E-state index in [-0.39, 0.29) is 5.91 Å². The van der Waals surface area contributed by atoms with Gasteiger partial charge in [-0.25, -0.2) is 9.31 Å². The predicted molar refractivity (Wildman–Crippen MR) is 98.3 cm³/mol. The van der Waals surface area contributed by atoms with Crippen molar-refractivity contribution < 1.29 is 14.3 Å². The van der Waals surface area contributed by atoms with Crippen molar-refractivity contribution in [2.24, 2.45) is 0 Å². The Morgan fingerprint density at radius 2 is 2.04 bits per heavy atom. The molecule has 122 valence electrons. The zero-order chi connectivity index (χ0) is 17.1. The van der Waals surface area contributed by atoms with Crippen molar-refractivity contribution in [1.29, 1.82) is 0 Å². The van der Waals surface area contributed by atoms with E-state index in [0.717, 1.165) is 3.57 Å². The van der Waals surface area contributed by atoms with E-state index in [1.807, 2.05) is 18.2 Å². The highest BCUT2D eigenvalue weighted by atomic mass is 127. The van der Waals surface area contributed by atoms with Crippen LogP contribution in [0.3, 0.4) is 0 Å². The van der Waals surface area contributed by atoms with Crippen molar-refractivity contribution in [3.05, 3.63) is 63.5 Å². The minimum atomic E-state index is -0.436. The minimum Gasteiger partial charge on any atom is -0.462 e. The molecule has 0 aliphatic rings. The molecule has 3 aromatic rings. The van der Waals surface area contributed by atoms with Crippen LogP contribution in [0.25, 0.3) is 5.52 Å². The van der Waals surface area contributed by atoms with Crippen LogP contribution >= 0.6 is 22.6 Å². The van der Waals surface area contributed by atoms with Gasteiger partial charge < -0.3 is 10.1 Å². The van der Waals surface area contributed by atoms with Crippen LogP contribution in [0.5, 0.6) is 0 Å². The monoisotopic (exact) mass is 435 g/mol. The van der Waals surface area contributed by atoms with Gasteiger partial charge in [-0.2, -0.15) is 5.10 Å². The number of esters is 1. The Hall–Kier alpha value is -2.42. The van der Waals surface area contributed by atoms with Crippen molar-refractivity contribution in [3.8, 4) is 0 Å². The third-order valence-corrected chi connectivity index (χ3v) is 4.33. The fourth-order valence-corrected chi connectivity index (χ4v) is 2.90. The van der Waals surface area contributed by atoms with Gasteiger partial charge in [-0.15, -0.1) is 0 Å². The highest BCUT2D eigenvalue weighted by molar-refractivity contribution is 14.1. The van der Waals surface area contributed by atoms with Crippen LogP contribution in [0.4, 0.5) is 5.69 Å². The average molecular weight is 435 g/mol. The lowest BCUT2D eigenvalue weighted by Crippen LogP contribution is -2.13. The molecule has 0 saturated heterocycles. The molecule has 0 aliphatic heterocycles. The average Bonchev–Trinajstić information content (AvgIpc) is 2.98. The molecule has 1 amide bonds. The molecule has 1 N–H and O–H groups in total. The number of halogens is 1. The number of hydrogen-bond acceptors (Lipinski definition) is 4. The van der Waals surface area contributed by atoms with Gasteiger partial charge in [0.05, 0.1) is 23.9 Å². The number of rotatable bonds is 4. The number of ether oxygens (including phenoxy) is 1. The third-order valence-electron chi connectivity index (χ3n) is 3.39. The van der Waals surface area contributed by atoms with Crippen LogP contribution in [0.15, 0.2) is 48.8 Å². The van der Waals surface area contributed by atoms with E-state index in [0.29, 0.717) is 28.9 Å². The molecular weight excluding hydrogens is 421 g/mol. The van der Waals surface area contributed by atoms with E-state index >= 15 is 0 Å². The highest BCUT2D eigenvalue weighted by Crippen LogP contribution is 2.19. The Morgan fingerprint density at radius 3 is 2.79 bits per heavy atom. The second-order valence-electron chi connectivity index (χ2n) is 4.96. The van der Waals surface area contributed by atoms with Gasteiger partial charge in [0.15, 0.2) is 0 Å². The summed E-state index contributed by atoms with van der Waals surface area (Å²) in [6.45, 7) is 2.04. The summed E-state index contributed by atoms with van der Waals surface area (Å²) in [7, 11) is 0. The molecule has 24 heavy (non-hydrogen) atoms. The molecule has 2 heterocycles. The summed E-state index contributed by atoms with van der Waals surface area (Å²) in [5, 5.41) is 6.96. The first-order chi connectivity index (χ1) is 11.6. The maximum Gasteiger partial charge on any atom is 0.341 e. The number of fused-ring (bicyclic) bond motifs is 1. The van der Waals surface area contributed by atoms with Gasteiger partial charge in [-0.05, 0) is 53.8 Å². The van der Waals surface area contributed by atoms with Gasteiger partial charge in [0.1, 0.15) is 5.56 Å². The van der Waals surface area contributed by atoms with Crippen molar-refractivity contribution in [3.63, 3.8) is 0 Å². The Balaban J connectivity index is 1.90. The molecule has 3 rings (SSSR count). The number of benzene rings is 1. The Bertz CT molecular complexity index is 920. The van der Waals surface area contributed by atoms with Gasteiger partial charge in [-0.3, -0.25) is 4.79 Å². The van der Waals surface area contributed by atoms with Gasteiger partial charge in [0.25, 0.3) is 5.91 Å². The first-order valence-electron chi connectivity index (χ1n) is 7.30. The zero-order valence-corrected chi connectivity index (χ0v) is 15.0. The summed E-state index contributed by atoms with van der Waals surface area (Å²) in [4.78, 5) is 24.4. The summed E-state index contributed by atoms with van der Waals surface area (Å²) in [6, 6.07) is 10.8. The summed E-state index contributed by atoms with van der Waals surface area (Å²) in [5.41, 5.74) is 2.12. The van der Waals surface area contributed by atoms with Crippen LogP contribution in [0, 0.1) is 3.57 Å². The lowest BCUT2D eigenvalue weighted by Gasteiger charge is -2.07. The van der Waals surface area contributed by atoms with Gasteiger partial charge in [-0.1, -0.05) is 12.1 Å². The Kier molecular flexibility index (Phi) is 4.79. The first-order valence-corrected chi connectivity index (χ1v) is 8.38. The molecule has 0 bridgehead atoms. The van der Waals surface area contributed by atoms with Crippen molar-refractivity contribution in [2.45, 2.75) is 6.92 Å². The molecule has 0 radical (unpaired) electrons. The standard InChI is InChI=1S/C17H14IN3O3/c1-2-24-17(23)13-10-19-21-8-7-11(9-15(13)21)20-16(22)12-5-3-4-6-14(12)18/h3-10H,2H2,1H3,(H,20,22). The largest absolute Gasteiger partial charge is 0.462 e. The number of hydrogen-bond donors (Lipinski definition) is 1. The molecule has 0 saturated carbocycles. The van der Waals surface area contributed by atoms with E-state index in [1.165, 1.54) is 6.20 Å². The number of aromatic nitrogens is 2. The molecule has 0 spiro atoms. The fraction of sp³-hybridized carbons (Fsp3) is 0.118. The van der Waals surface area contributed by atoms with Crippen molar-refractivity contribution >= 4 is 45.7 Å². The number of anilines is 1. The van der Waals surface area contributed by atoms with Gasteiger partial charge in [0, 0.05) is 15.5 Å². The number of nitrogens with zero attached hydrogens (tertiary/aromatic N) is 2. The molecule has 0 atom stereocenters. The maximum atomic E-state index is 12.4. The number of pyridine rings is 1. The normalized spacial score (nSPS) is 10.6. The molecule has 0 fully saturated rings. The molecule has 0 aliphatic carbocycles.